The van der Waals surface area contributed by atoms with Gasteiger partial charge in [0.2, 0.25) is 0 Å². The van der Waals surface area contributed by atoms with Crippen molar-refractivity contribution in [3.8, 4) is 0 Å². The first-order chi connectivity index (χ1) is 8.55. The van der Waals surface area contributed by atoms with Gasteiger partial charge in [0.25, 0.3) is 0 Å². The van der Waals surface area contributed by atoms with E-state index in [0.29, 0.717) is 5.92 Å². The molecule has 0 spiro atoms. The third kappa shape index (κ3) is 2.74. The second-order valence-corrected chi connectivity index (χ2v) is 6.10. The molecule has 0 saturated heterocycles. The third-order valence-corrected chi connectivity index (χ3v) is 4.42. The van der Waals surface area contributed by atoms with E-state index in [1.165, 1.54) is 12.8 Å². The molecule has 1 heterocycles. The largest absolute Gasteiger partial charge is 0.324 e. The van der Waals surface area contributed by atoms with Crippen LogP contribution in [0.25, 0.3) is 0 Å². The van der Waals surface area contributed by atoms with E-state index in [-0.39, 0.29) is 5.54 Å². The van der Waals surface area contributed by atoms with Gasteiger partial charge in [-0.25, -0.2) is 4.98 Å². The third-order valence-electron chi connectivity index (χ3n) is 4.42. The predicted octanol–water partition coefficient (Wildman–Crippen LogP) is 2.38. The number of hydrogen-bond acceptors (Lipinski definition) is 3. The van der Waals surface area contributed by atoms with Crippen molar-refractivity contribution in [3.05, 3.63) is 12.2 Å². The van der Waals surface area contributed by atoms with E-state index in [2.05, 4.69) is 30.9 Å². The molecule has 102 valence electrons. The van der Waals surface area contributed by atoms with Gasteiger partial charge in [-0.15, -0.1) is 0 Å². The highest BCUT2D eigenvalue weighted by atomic mass is 15.3. The quantitative estimate of drug-likeness (QED) is 0.892. The summed E-state index contributed by atoms with van der Waals surface area (Å²) in [6.07, 6.45) is 7.25. The van der Waals surface area contributed by atoms with Crippen molar-refractivity contribution in [1.82, 2.24) is 14.8 Å². The Morgan fingerprint density at radius 1 is 1.44 bits per heavy atom. The molecule has 1 aliphatic carbocycles. The summed E-state index contributed by atoms with van der Waals surface area (Å²) in [6.45, 7) is 7.70. The fraction of sp³-hybridized carbons (Fsp3) is 0.857. The van der Waals surface area contributed by atoms with Crippen LogP contribution >= 0.6 is 0 Å². The zero-order valence-electron chi connectivity index (χ0n) is 11.9. The predicted molar refractivity (Wildman–Crippen MR) is 73.1 cm³/mol. The Labute approximate surface area is 110 Å². The molecule has 2 rings (SSSR count). The summed E-state index contributed by atoms with van der Waals surface area (Å²) < 4.78 is 2.01. The second kappa shape index (κ2) is 5.39. The van der Waals surface area contributed by atoms with Crippen LogP contribution < -0.4 is 5.73 Å². The van der Waals surface area contributed by atoms with Crippen molar-refractivity contribution < 1.29 is 0 Å². The lowest BCUT2D eigenvalue weighted by Gasteiger charge is -2.42. The lowest BCUT2D eigenvalue weighted by atomic mass is 9.68. The van der Waals surface area contributed by atoms with Gasteiger partial charge in [0.1, 0.15) is 12.2 Å². The summed E-state index contributed by atoms with van der Waals surface area (Å²) in [5.74, 6) is 2.36. The Balaban J connectivity index is 2.13. The molecule has 3 atom stereocenters. The molecular weight excluding hydrogens is 224 g/mol. The van der Waals surface area contributed by atoms with Crippen molar-refractivity contribution in [1.29, 1.82) is 0 Å². The van der Waals surface area contributed by atoms with E-state index in [1.807, 2.05) is 4.68 Å². The average Bonchev–Trinajstić information content (AvgIpc) is 2.72. The summed E-state index contributed by atoms with van der Waals surface area (Å²) in [4.78, 5) is 4.41. The molecule has 3 unspecified atom stereocenters. The molecule has 1 saturated carbocycles. The molecule has 2 N–H and O–H groups in total. The molecule has 0 aliphatic heterocycles. The Kier molecular flexibility index (Phi) is 4.05. The van der Waals surface area contributed by atoms with Gasteiger partial charge < -0.3 is 5.73 Å². The molecule has 0 bridgehead atoms. The van der Waals surface area contributed by atoms with E-state index in [1.54, 1.807) is 6.33 Å². The number of aryl methyl sites for hydroxylation is 1. The van der Waals surface area contributed by atoms with E-state index >= 15 is 0 Å². The van der Waals surface area contributed by atoms with Crippen LogP contribution in [-0.2, 0) is 13.0 Å². The van der Waals surface area contributed by atoms with Crippen LogP contribution in [0.3, 0.4) is 0 Å². The lowest BCUT2D eigenvalue weighted by molar-refractivity contribution is 0.157. The van der Waals surface area contributed by atoms with Crippen LogP contribution in [0.4, 0.5) is 0 Å². The average molecular weight is 250 g/mol. The molecule has 4 heteroatoms. The maximum atomic E-state index is 6.67. The number of aromatic nitrogens is 3. The monoisotopic (exact) mass is 250 g/mol. The van der Waals surface area contributed by atoms with Crippen molar-refractivity contribution in [2.75, 3.05) is 0 Å². The minimum atomic E-state index is -0.101. The van der Waals surface area contributed by atoms with Crippen LogP contribution in [0.15, 0.2) is 6.33 Å². The van der Waals surface area contributed by atoms with Crippen LogP contribution in [-0.4, -0.2) is 20.3 Å². The Bertz CT molecular complexity index is 387. The normalized spacial score (nSPS) is 32.7. The molecule has 0 aromatic carbocycles. The van der Waals surface area contributed by atoms with Crippen LogP contribution in [0.5, 0.6) is 0 Å². The van der Waals surface area contributed by atoms with Crippen LogP contribution in [0.2, 0.25) is 0 Å². The van der Waals surface area contributed by atoms with Gasteiger partial charge in [-0.1, -0.05) is 27.2 Å². The molecule has 1 aliphatic rings. The maximum Gasteiger partial charge on any atom is 0.138 e. The first kappa shape index (κ1) is 13.5. The minimum absolute atomic E-state index is 0.101. The SMILES string of the molecule is CCCn1ncnc1CC1(N)CC(C)CCC1C. The minimum Gasteiger partial charge on any atom is -0.324 e. The highest BCUT2D eigenvalue weighted by Gasteiger charge is 2.38. The fourth-order valence-electron chi connectivity index (χ4n) is 3.14. The summed E-state index contributed by atoms with van der Waals surface area (Å²) >= 11 is 0. The summed E-state index contributed by atoms with van der Waals surface area (Å²) in [7, 11) is 0. The summed E-state index contributed by atoms with van der Waals surface area (Å²) in [5.41, 5.74) is 6.57. The van der Waals surface area contributed by atoms with E-state index < -0.39 is 0 Å². The molecule has 1 aromatic heterocycles. The number of nitrogens with two attached hydrogens (primary N) is 1. The van der Waals surface area contributed by atoms with Gasteiger partial charge >= 0.3 is 0 Å². The standard InChI is InChI=1S/C14H26N4/c1-4-7-18-13(16-10-17-18)9-14(15)8-11(2)5-6-12(14)3/h10-12H,4-9,15H2,1-3H3. The topological polar surface area (TPSA) is 56.7 Å². The number of nitrogens with zero attached hydrogens (tertiary/aromatic N) is 3. The maximum absolute atomic E-state index is 6.67. The van der Waals surface area contributed by atoms with E-state index in [0.717, 1.165) is 37.5 Å². The molecule has 0 amide bonds. The van der Waals surface area contributed by atoms with Crippen LogP contribution in [0, 0.1) is 11.8 Å². The number of rotatable bonds is 4. The lowest BCUT2D eigenvalue weighted by Crippen LogP contribution is -2.52. The molecule has 4 nitrogen and oxygen atoms in total. The highest BCUT2D eigenvalue weighted by Crippen LogP contribution is 2.36. The van der Waals surface area contributed by atoms with Crippen LogP contribution in [0.1, 0.15) is 52.3 Å². The zero-order valence-corrected chi connectivity index (χ0v) is 11.9. The Morgan fingerprint density at radius 3 is 2.94 bits per heavy atom. The molecule has 18 heavy (non-hydrogen) atoms. The smallest absolute Gasteiger partial charge is 0.138 e. The highest BCUT2D eigenvalue weighted by molar-refractivity contribution is 5.02. The molecule has 0 radical (unpaired) electrons. The van der Waals surface area contributed by atoms with Crippen molar-refractivity contribution in [2.45, 2.75) is 65.0 Å². The first-order valence-electron chi connectivity index (χ1n) is 7.20. The zero-order chi connectivity index (χ0) is 13.2. The first-order valence-corrected chi connectivity index (χ1v) is 7.20. The fourth-order valence-corrected chi connectivity index (χ4v) is 3.14. The summed E-state index contributed by atoms with van der Waals surface area (Å²) in [5, 5.41) is 4.30. The van der Waals surface area contributed by atoms with E-state index in [9.17, 15) is 0 Å². The van der Waals surface area contributed by atoms with Gasteiger partial charge in [-0.2, -0.15) is 5.10 Å². The van der Waals surface area contributed by atoms with Gasteiger partial charge in [0.05, 0.1) is 0 Å². The molecular formula is C14H26N4. The van der Waals surface area contributed by atoms with Gasteiger partial charge in [-0.3, -0.25) is 4.68 Å². The van der Waals surface area contributed by atoms with Crippen molar-refractivity contribution in [3.63, 3.8) is 0 Å². The van der Waals surface area contributed by atoms with Gasteiger partial charge in [0.15, 0.2) is 0 Å². The van der Waals surface area contributed by atoms with E-state index in [4.69, 9.17) is 5.73 Å². The molecule has 1 fully saturated rings. The van der Waals surface area contributed by atoms with Crippen molar-refractivity contribution in [2.24, 2.45) is 17.6 Å². The molecule has 1 aromatic rings. The number of hydrogen-bond donors (Lipinski definition) is 1. The second-order valence-electron chi connectivity index (χ2n) is 6.10. The summed E-state index contributed by atoms with van der Waals surface area (Å²) in [6, 6.07) is 0. The Hall–Kier alpha value is -0.900. The Morgan fingerprint density at radius 2 is 2.22 bits per heavy atom. The van der Waals surface area contributed by atoms with Gasteiger partial charge in [0, 0.05) is 18.5 Å². The van der Waals surface area contributed by atoms with Crippen molar-refractivity contribution >= 4 is 0 Å². The van der Waals surface area contributed by atoms with Gasteiger partial charge in [-0.05, 0) is 31.1 Å².